The highest BCUT2D eigenvalue weighted by Crippen LogP contribution is 2.18. The van der Waals surface area contributed by atoms with Gasteiger partial charge in [-0.15, -0.1) is 0 Å². The molecule has 0 bridgehead atoms. The van der Waals surface area contributed by atoms with Gasteiger partial charge in [-0.25, -0.2) is 9.59 Å². The minimum absolute atomic E-state index is 0.143. The van der Waals surface area contributed by atoms with Crippen molar-refractivity contribution in [1.29, 1.82) is 0 Å². The second kappa shape index (κ2) is 7.96. The van der Waals surface area contributed by atoms with Gasteiger partial charge in [0.2, 0.25) is 0 Å². The molecule has 2 rings (SSSR count). The average Bonchev–Trinajstić information content (AvgIpc) is 3.09. The second-order valence-corrected chi connectivity index (χ2v) is 4.71. The van der Waals surface area contributed by atoms with Gasteiger partial charge in [-0.1, -0.05) is 0 Å². The van der Waals surface area contributed by atoms with Gasteiger partial charge < -0.3 is 19.2 Å². The molecule has 1 heterocycles. The molecule has 0 unspecified atom stereocenters. The minimum Gasteiger partial charge on any atom is -0.472 e. The van der Waals surface area contributed by atoms with Crippen LogP contribution in [0.25, 0.3) is 0 Å². The van der Waals surface area contributed by atoms with Crippen molar-refractivity contribution in [2.24, 2.45) is 0 Å². The van der Waals surface area contributed by atoms with E-state index in [2.05, 4.69) is 5.32 Å². The summed E-state index contributed by atoms with van der Waals surface area (Å²) < 4.78 is 14.7. The summed E-state index contributed by atoms with van der Waals surface area (Å²) in [7, 11) is 0. The molecule has 1 amide bonds. The molecule has 0 saturated carbocycles. The van der Waals surface area contributed by atoms with Gasteiger partial charge in [0.1, 0.15) is 6.26 Å². The van der Waals surface area contributed by atoms with Crippen LogP contribution in [0.1, 0.15) is 44.9 Å². The van der Waals surface area contributed by atoms with Crippen LogP contribution in [-0.2, 0) is 9.47 Å². The number of carbonyl (C=O) groups is 3. The molecule has 126 valence electrons. The molecule has 0 aliphatic heterocycles. The number of furan rings is 1. The lowest BCUT2D eigenvalue weighted by Gasteiger charge is -2.10. The fourth-order valence-electron chi connectivity index (χ4n) is 1.96. The zero-order chi connectivity index (χ0) is 17.5. The Kier molecular flexibility index (Phi) is 5.73. The normalized spacial score (nSPS) is 10.1. The van der Waals surface area contributed by atoms with Crippen molar-refractivity contribution in [3.63, 3.8) is 0 Å². The summed E-state index contributed by atoms with van der Waals surface area (Å²) in [6.07, 6.45) is 2.66. The maximum absolute atomic E-state index is 12.1. The molecule has 0 saturated heterocycles. The number of benzene rings is 1. The van der Waals surface area contributed by atoms with Crippen molar-refractivity contribution in [2.75, 3.05) is 18.5 Å². The number of ether oxygens (including phenoxy) is 2. The van der Waals surface area contributed by atoms with Crippen molar-refractivity contribution in [2.45, 2.75) is 13.8 Å². The number of carbonyl (C=O) groups excluding carboxylic acids is 3. The fraction of sp³-hybridized carbons (Fsp3) is 0.235. The van der Waals surface area contributed by atoms with Gasteiger partial charge in [0, 0.05) is 5.69 Å². The molecule has 7 heteroatoms. The van der Waals surface area contributed by atoms with E-state index in [1.54, 1.807) is 13.8 Å². The van der Waals surface area contributed by atoms with Gasteiger partial charge in [0.05, 0.1) is 36.2 Å². The third-order valence-electron chi connectivity index (χ3n) is 3.00. The van der Waals surface area contributed by atoms with Gasteiger partial charge in [0.15, 0.2) is 0 Å². The number of hydrogen-bond acceptors (Lipinski definition) is 6. The third kappa shape index (κ3) is 4.22. The van der Waals surface area contributed by atoms with Crippen LogP contribution in [0.5, 0.6) is 0 Å². The Bertz CT molecular complexity index is 699. The van der Waals surface area contributed by atoms with Crippen LogP contribution in [0, 0.1) is 0 Å². The number of hydrogen-bond donors (Lipinski definition) is 1. The Morgan fingerprint density at radius 3 is 2.00 bits per heavy atom. The number of rotatable bonds is 6. The Morgan fingerprint density at radius 1 is 0.958 bits per heavy atom. The summed E-state index contributed by atoms with van der Waals surface area (Å²) >= 11 is 0. The summed E-state index contributed by atoms with van der Waals surface area (Å²) in [5, 5.41) is 2.60. The Labute approximate surface area is 138 Å². The van der Waals surface area contributed by atoms with E-state index in [9.17, 15) is 14.4 Å². The first-order chi connectivity index (χ1) is 11.5. The summed E-state index contributed by atoms with van der Waals surface area (Å²) in [6.45, 7) is 3.74. The molecule has 24 heavy (non-hydrogen) atoms. The van der Waals surface area contributed by atoms with Crippen LogP contribution >= 0.6 is 0 Å². The van der Waals surface area contributed by atoms with Crippen molar-refractivity contribution in [3.05, 3.63) is 53.5 Å². The first-order valence-electron chi connectivity index (χ1n) is 7.38. The number of esters is 2. The monoisotopic (exact) mass is 331 g/mol. The lowest BCUT2D eigenvalue weighted by molar-refractivity contribution is 0.0525. The highest BCUT2D eigenvalue weighted by Gasteiger charge is 2.16. The Hall–Kier alpha value is -3.09. The van der Waals surface area contributed by atoms with Crippen molar-refractivity contribution < 1.29 is 28.3 Å². The zero-order valence-electron chi connectivity index (χ0n) is 13.3. The molecule has 0 atom stereocenters. The summed E-state index contributed by atoms with van der Waals surface area (Å²) in [6, 6.07) is 5.72. The predicted octanol–water partition coefficient (Wildman–Crippen LogP) is 2.89. The van der Waals surface area contributed by atoms with Crippen molar-refractivity contribution >= 4 is 23.5 Å². The smallest absolute Gasteiger partial charge is 0.338 e. The SMILES string of the molecule is CCOC(=O)c1cc(NC(=O)c2ccoc2)cc(C(=O)OCC)c1. The number of anilines is 1. The summed E-state index contributed by atoms with van der Waals surface area (Å²) in [5.74, 6) is -1.62. The van der Waals surface area contributed by atoms with Crippen LogP contribution in [0.2, 0.25) is 0 Å². The maximum atomic E-state index is 12.1. The van der Waals surface area contributed by atoms with Crippen molar-refractivity contribution in [1.82, 2.24) is 0 Å². The lowest BCUT2D eigenvalue weighted by atomic mass is 10.1. The third-order valence-corrected chi connectivity index (χ3v) is 3.00. The lowest BCUT2D eigenvalue weighted by Crippen LogP contribution is -2.14. The van der Waals surface area contributed by atoms with Gasteiger partial charge in [-0.3, -0.25) is 4.79 Å². The van der Waals surface area contributed by atoms with Crippen LogP contribution < -0.4 is 5.32 Å². The number of nitrogens with one attached hydrogen (secondary N) is 1. The molecule has 1 aromatic carbocycles. The molecular formula is C17H17NO6. The van der Waals surface area contributed by atoms with Crippen LogP contribution in [0.15, 0.2) is 41.2 Å². The molecule has 2 aromatic rings. The van der Waals surface area contributed by atoms with Gasteiger partial charge in [-0.05, 0) is 38.1 Å². The number of amides is 1. The van der Waals surface area contributed by atoms with E-state index in [1.165, 1.54) is 36.8 Å². The average molecular weight is 331 g/mol. The molecule has 1 aromatic heterocycles. The van der Waals surface area contributed by atoms with Gasteiger partial charge >= 0.3 is 11.9 Å². The molecule has 0 fully saturated rings. The van der Waals surface area contributed by atoms with E-state index < -0.39 is 17.8 Å². The molecule has 7 nitrogen and oxygen atoms in total. The topological polar surface area (TPSA) is 94.8 Å². The van der Waals surface area contributed by atoms with Crippen LogP contribution in [-0.4, -0.2) is 31.1 Å². The van der Waals surface area contributed by atoms with Gasteiger partial charge in [0.25, 0.3) is 5.91 Å². The highest BCUT2D eigenvalue weighted by molar-refractivity contribution is 6.05. The summed E-state index contributed by atoms with van der Waals surface area (Å²) in [4.78, 5) is 36.0. The predicted molar refractivity (Wildman–Crippen MR) is 85.0 cm³/mol. The second-order valence-electron chi connectivity index (χ2n) is 4.71. The van der Waals surface area contributed by atoms with Crippen molar-refractivity contribution in [3.8, 4) is 0 Å². The highest BCUT2D eigenvalue weighted by atomic mass is 16.5. The summed E-state index contributed by atoms with van der Waals surface area (Å²) in [5.41, 5.74) is 0.874. The zero-order valence-corrected chi connectivity index (χ0v) is 13.3. The van der Waals surface area contributed by atoms with E-state index >= 15 is 0 Å². The molecule has 0 spiro atoms. The quantitative estimate of drug-likeness (QED) is 0.818. The van der Waals surface area contributed by atoms with Crippen LogP contribution in [0.4, 0.5) is 5.69 Å². The Morgan fingerprint density at radius 2 is 1.54 bits per heavy atom. The first-order valence-corrected chi connectivity index (χ1v) is 7.38. The van der Waals surface area contributed by atoms with E-state index in [1.807, 2.05) is 0 Å². The van der Waals surface area contributed by atoms with E-state index in [-0.39, 0.29) is 30.0 Å². The molecule has 0 aliphatic rings. The first kappa shape index (κ1) is 17.3. The van der Waals surface area contributed by atoms with E-state index in [4.69, 9.17) is 13.9 Å². The molecular weight excluding hydrogens is 314 g/mol. The molecule has 1 N–H and O–H groups in total. The fourth-order valence-corrected chi connectivity index (χ4v) is 1.96. The minimum atomic E-state index is -0.595. The Balaban J connectivity index is 2.32. The molecule has 0 aliphatic carbocycles. The van der Waals surface area contributed by atoms with Crippen LogP contribution in [0.3, 0.4) is 0 Å². The van der Waals surface area contributed by atoms with E-state index in [0.29, 0.717) is 5.56 Å². The van der Waals surface area contributed by atoms with Gasteiger partial charge in [-0.2, -0.15) is 0 Å². The maximum Gasteiger partial charge on any atom is 0.338 e. The van der Waals surface area contributed by atoms with E-state index in [0.717, 1.165) is 0 Å². The standard InChI is InChI=1S/C17H17NO6/c1-3-23-16(20)12-7-13(17(21)24-4-2)9-14(8-12)18-15(19)11-5-6-22-10-11/h5-10H,3-4H2,1-2H3,(H,18,19). The molecule has 0 radical (unpaired) electrons. The largest absolute Gasteiger partial charge is 0.472 e.